The third-order valence-electron chi connectivity index (χ3n) is 7.00. The van der Waals surface area contributed by atoms with Gasteiger partial charge in [0, 0.05) is 37.6 Å². The van der Waals surface area contributed by atoms with Crippen LogP contribution in [0.2, 0.25) is 0 Å². The van der Waals surface area contributed by atoms with Gasteiger partial charge in [0.2, 0.25) is 15.9 Å². The van der Waals surface area contributed by atoms with Gasteiger partial charge in [-0.2, -0.15) is 0 Å². The second kappa shape index (κ2) is 12.5. The number of carbonyl (C=O) groups excluding carboxylic acids is 2. The van der Waals surface area contributed by atoms with Crippen molar-refractivity contribution in [3.8, 4) is 5.69 Å². The molecule has 12 heteroatoms. The number of carbonyl (C=O) groups is 2. The van der Waals surface area contributed by atoms with E-state index in [4.69, 9.17) is 0 Å². The molecule has 0 saturated heterocycles. The highest BCUT2D eigenvalue weighted by Gasteiger charge is 2.24. The molecule has 0 bridgehead atoms. The molecule has 4 aromatic rings. The number of anilines is 1. The van der Waals surface area contributed by atoms with Crippen LogP contribution in [0.3, 0.4) is 0 Å². The van der Waals surface area contributed by atoms with Crippen LogP contribution >= 0.6 is 11.8 Å². The van der Waals surface area contributed by atoms with Gasteiger partial charge in [-0.25, -0.2) is 12.7 Å². The van der Waals surface area contributed by atoms with Crippen LogP contribution in [-0.2, 0) is 27.8 Å². The van der Waals surface area contributed by atoms with Crippen LogP contribution < -0.4 is 10.2 Å². The summed E-state index contributed by atoms with van der Waals surface area (Å²) in [6, 6.07) is 21.6. The maximum atomic E-state index is 13.3. The fourth-order valence-corrected chi connectivity index (χ4v) is 6.53. The molecule has 0 radical (unpaired) electrons. The summed E-state index contributed by atoms with van der Waals surface area (Å²) >= 11 is 1.31. The quantitative estimate of drug-likeness (QED) is 0.289. The molecule has 42 heavy (non-hydrogen) atoms. The van der Waals surface area contributed by atoms with Crippen LogP contribution in [0, 0.1) is 6.92 Å². The van der Waals surface area contributed by atoms with E-state index in [1.165, 1.54) is 55.7 Å². The lowest BCUT2D eigenvalue weighted by Gasteiger charge is -2.29. The Morgan fingerprint density at radius 1 is 1.00 bits per heavy atom. The number of aryl methyl sites for hydroxylation is 2. The van der Waals surface area contributed by atoms with Gasteiger partial charge in [0.15, 0.2) is 11.0 Å². The average molecular weight is 605 g/mol. The van der Waals surface area contributed by atoms with E-state index < -0.39 is 10.0 Å². The largest absolute Gasteiger partial charge is 0.345 e. The van der Waals surface area contributed by atoms with E-state index in [1.807, 2.05) is 58.9 Å². The fraction of sp³-hybridized carbons (Fsp3) is 0.267. The Hall–Kier alpha value is -4.00. The van der Waals surface area contributed by atoms with Gasteiger partial charge in [-0.3, -0.25) is 14.2 Å². The topological polar surface area (TPSA) is 117 Å². The highest BCUT2D eigenvalue weighted by Crippen LogP contribution is 2.29. The number of hydrogen-bond donors (Lipinski definition) is 1. The first-order chi connectivity index (χ1) is 20.1. The van der Waals surface area contributed by atoms with Crippen molar-refractivity contribution in [2.24, 2.45) is 0 Å². The molecule has 1 aliphatic rings. The van der Waals surface area contributed by atoms with Gasteiger partial charge in [0.05, 0.1) is 17.2 Å². The summed E-state index contributed by atoms with van der Waals surface area (Å²) in [4.78, 5) is 28.2. The Bertz CT molecular complexity index is 1720. The summed E-state index contributed by atoms with van der Waals surface area (Å²) in [5, 5.41) is 12.1. The average Bonchev–Trinajstić information content (AvgIpc) is 3.41. The van der Waals surface area contributed by atoms with Crippen LogP contribution in [0.15, 0.2) is 82.8 Å². The van der Waals surface area contributed by atoms with Crippen molar-refractivity contribution in [3.05, 3.63) is 95.3 Å². The van der Waals surface area contributed by atoms with E-state index in [2.05, 4.69) is 21.6 Å². The predicted octanol–water partition coefficient (Wildman–Crippen LogP) is 3.83. The molecule has 0 spiro atoms. The van der Waals surface area contributed by atoms with Crippen LogP contribution in [0.4, 0.5) is 5.69 Å². The van der Waals surface area contributed by atoms with E-state index in [9.17, 15) is 18.0 Å². The third-order valence-corrected chi connectivity index (χ3v) is 9.74. The molecule has 5 rings (SSSR count). The molecular weight excluding hydrogens is 573 g/mol. The van der Waals surface area contributed by atoms with Crippen LogP contribution in [0.5, 0.6) is 0 Å². The number of nitrogens with zero attached hydrogens (tertiary/aromatic N) is 5. The lowest BCUT2D eigenvalue weighted by Crippen LogP contribution is -2.36. The highest BCUT2D eigenvalue weighted by molar-refractivity contribution is 7.99. The standard InChI is InChI=1S/C30H32N6O4S2/c1-21-8-6-11-24(18-21)36-27(19-31-29(38)23-13-15-25(16-14-23)42(39,40)34(2)3)32-33-30(36)41-20-28(37)35-17-7-10-22-9-4-5-12-26(22)35/h4-6,8-9,11-16,18H,7,10,17,19-20H2,1-3H3,(H,31,38). The van der Waals surface area contributed by atoms with Crippen molar-refractivity contribution in [1.29, 1.82) is 0 Å². The molecule has 2 amide bonds. The Labute approximate surface area is 249 Å². The molecule has 0 fully saturated rings. The monoisotopic (exact) mass is 604 g/mol. The first-order valence-corrected chi connectivity index (χ1v) is 15.9. The minimum Gasteiger partial charge on any atom is -0.345 e. The zero-order chi connectivity index (χ0) is 29.9. The number of benzene rings is 3. The van der Waals surface area contributed by atoms with E-state index in [-0.39, 0.29) is 29.0 Å². The van der Waals surface area contributed by atoms with Gasteiger partial charge in [0.1, 0.15) is 0 Å². The van der Waals surface area contributed by atoms with Crippen molar-refractivity contribution in [2.45, 2.75) is 36.4 Å². The van der Waals surface area contributed by atoms with E-state index in [0.29, 0.717) is 23.1 Å². The number of hydrogen-bond acceptors (Lipinski definition) is 7. The zero-order valence-corrected chi connectivity index (χ0v) is 25.3. The van der Waals surface area contributed by atoms with E-state index in [1.54, 1.807) is 0 Å². The SMILES string of the molecule is Cc1cccc(-n2c(CNC(=O)c3ccc(S(=O)(=O)N(C)C)cc3)nnc2SCC(=O)N2CCCc3ccccc32)c1. The number of aromatic nitrogens is 3. The Kier molecular flexibility index (Phi) is 8.76. The summed E-state index contributed by atoms with van der Waals surface area (Å²) in [6.07, 6.45) is 1.88. The number of thioether (sulfide) groups is 1. The molecule has 1 N–H and O–H groups in total. The number of para-hydroxylation sites is 1. The summed E-state index contributed by atoms with van der Waals surface area (Å²) in [6.45, 7) is 2.74. The molecule has 1 aromatic heterocycles. The zero-order valence-electron chi connectivity index (χ0n) is 23.6. The van der Waals surface area contributed by atoms with Crippen molar-refractivity contribution in [1.82, 2.24) is 24.4 Å². The highest BCUT2D eigenvalue weighted by atomic mass is 32.2. The van der Waals surface area contributed by atoms with Crippen LogP contribution in [0.1, 0.15) is 33.7 Å². The number of nitrogens with one attached hydrogen (secondary N) is 1. The molecule has 0 atom stereocenters. The van der Waals surface area contributed by atoms with E-state index in [0.717, 1.165) is 34.1 Å². The van der Waals surface area contributed by atoms with Gasteiger partial charge >= 0.3 is 0 Å². The second-order valence-electron chi connectivity index (χ2n) is 10.1. The molecular formula is C30H32N6O4S2. The molecule has 218 valence electrons. The number of amides is 2. The summed E-state index contributed by atoms with van der Waals surface area (Å²) in [7, 11) is -0.687. The van der Waals surface area contributed by atoms with Crippen molar-refractivity contribution in [3.63, 3.8) is 0 Å². The van der Waals surface area contributed by atoms with Crippen molar-refractivity contribution < 1.29 is 18.0 Å². The Balaban J connectivity index is 1.33. The molecule has 1 aliphatic heterocycles. The Morgan fingerprint density at radius 2 is 1.76 bits per heavy atom. The van der Waals surface area contributed by atoms with Gasteiger partial charge < -0.3 is 10.2 Å². The fourth-order valence-electron chi connectivity index (χ4n) is 4.78. The number of fused-ring (bicyclic) bond motifs is 1. The maximum absolute atomic E-state index is 13.3. The number of rotatable bonds is 9. The van der Waals surface area contributed by atoms with Crippen LogP contribution in [-0.4, -0.2) is 65.7 Å². The van der Waals surface area contributed by atoms with Gasteiger partial charge in [-0.1, -0.05) is 42.1 Å². The van der Waals surface area contributed by atoms with Gasteiger partial charge in [-0.15, -0.1) is 10.2 Å². The molecule has 2 heterocycles. The smallest absolute Gasteiger partial charge is 0.251 e. The summed E-state index contributed by atoms with van der Waals surface area (Å²) in [5.74, 6) is 0.308. The third kappa shape index (κ3) is 6.25. The Morgan fingerprint density at radius 3 is 2.50 bits per heavy atom. The predicted molar refractivity (Wildman–Crippen MR) is 162 cm³/mol. The first-order valence-electron chi connectivity index (χ1n) is 13.5. The van der Waals surface area contributed by atoms with Gasteiger partial charge in [0.25, 0.3) is 5.91 Å². The maximum Gasteiger partial charge on any atom is 0.251 e. The molecule has 10 nitrogen and oxygen atoms in total. The molecule has 0 unspecified atom stereocenters. The lowest BCUT2D eigenvalue weighted by molar-refractivity contribution is -0.116. The second-order valence-corrected chi connectivity index (χ2v) is 13.2. The minimum absolute atomic E-state index is 0.000484. The molecule has 0 aliphatic carbocycles. The van der Waals surface area contributed by atoms with E-state index >= 15 is 0 Å². The number of sulfonamides is 1. The normalized spacial score (nSPS) is 13.2. The van der Waals surface area contributed by atoms with Crippen LogP contribution in [0.25, 0.3) is 5.69 Å². The summed E-state index contributed by atoms with van der Waals surface area (Å²) in [5.41, 5.74) is 4.32. The molecule has 3 aromatic carbocycles. The lowest BCUT2D eigenvalue weighted by atomic mass is 10.0. The summed E-state index contributed by atoms with van der Waals surface area (Å²) < 4.78 is 27.7. The van der Waals surface area contributed by atoms with Crippen molar-refractivity contribution >= 4 is 39.3 Å². The van der Waals surface area contributed by atoms with Gasteiger partial charge in [-0.05, 0) is 73.4 Å². The minimum atomic E-state index is -3.59. The molecule has 0 saturated carbocycles. The van der Waals surface area contributed by atoms with Crippen molar-refractivity contribution in [2.75, 3.05) is 31.3 Å². The first kappa shape index (κ1) is 29.5.